The number of carbonyl (C=O) groups is 1. The Morgan fingerprint density at radius 2 is 1.67 bits per heavy atom. The number of hydrogen-bond acceptors (Lipinski definition) is 3. The number of rotatable bonds is 5. The van der Waals surface area contributed by atoms with Gasteiger partial charge in [-0.3, -0.25) is 0 Å². The van der Waals surface area contributed by atoms with Crippen LogP contribution in [-0.4, -0.2) is 40.4 Å². The second-order valence-corrected chi connectivity index (χ2v) is 7.76. The fraction of sp³-hybridized carbons (Fsp3) is 0.938. The molecule has 0 unspecified atom stereocenters. The summed E-state index contributed by atoms with van der Waals surface area (Å²) in [4.78, 5) is 12.1. The Morgan fingerprint density at radius 1 is 1.19 bits per heavy atom. The Hall–Kier alpha value is -0.810. The molecular weight excluding hydrogens is 266 g/mol. The molecule has 1 fully saturated rings. The lowest BCUT2D eigenvalue weighted by atomic mass is 9.80. The summed E-state index contributed by atoms with van der Waals surface area (Å²) in [5, 5.41) is 19.7. The third kappa shape index (κ3) is 5.83. The van der Waals surface area contributed by atoms with Crippen LogP contribution in [0.25, 0.3) is 0 Å². The molecular formula is C16H33N3O2. The zero-order valence-corrected chi connectivity index (χ0v) is 14.5. The highest BCUT2D eigenvalue weighted by atomic mass is 16.3. The van der Waals surface area contributed by atoms with Gasteiger partial charge in [-0.05, 0) is 53.4 Å². The van der Waals surface area contributed by atoms with E-state index in [4.69, 9.17) is 0 Å². The van der Waals surface area contributed by atoms with E-state index in [1.165, 1.54) is 0 Å². The first-order valence-electron chi connectivity index (χ1n) is 8.07. The van der Waals surface area contributed by atoms with E-state index in [0.29, 0.717) is 19.4 Å². The minimum atomic E-state index is -0.802. The first-order chi connectivity index (χ1) is 9.51. The molecule has 1 saturated heterocycles. The first-order valence-corrected chi connectivity index (χ1v) is 8.07. The van der Waals surface area contributed by atoms with Crippen molar-refractivity contribution in [3.63, 3.8) is 0 Å². The fourth-order valence-corrected chi connectivity index (χ4v) is 3.41. The van der Waals surface area contributed by atoms with Gasteiger partial charge in [-0.1, -0.05) is 13.8 Å². The topological polar surface area (TPSA) is 73.4 Å². The van der Waals surface area contributed by atoms with Crippen molar-refractivity contribution in [2.45, 2.75) is 89.9 Å². The van der Waals surface area contributed by atoms with Crippen LogP contribution in [0.5, 0.6) is 0 Å². The minimum absolute atomic E-state index is 0.00721. The van der Waals surface area contributed by atoms with Crippen molar-refractivity contribution in [2.24, 2.45) is 0 Å². The standard InChI is InChI=1S/C16H33N3O2/c1-7-16(21,8-2)11-17-13(20)18-12-9-14(3,4)19-15(5,6)10-12/h12,19,21H,7-11H2,1-6H3,(H2,17,18,20). The highest BCUT2D eigenvalue weighted by Gasteiger charge is 2.38. The lowest BCUT2D eigenvalue weighted by Gasteiger charge is -2.46. The average Bonchev–Trinajstić information content (AvgIpc) is 2.32. The van der Waals surface area contributed by atoms with Crippen molar-refractivity contribution in [1.29, 1.82) is 0 Å². The van der Waals surface area contributed by atoms with Gasteiger partial charge in [-0.15, -0.1) is 0 Å². The monoisotopic (exact) mass is 299 g/mol. The minimum Gasteiger partial charge on any atom is -0.388 e. The van der Waals surface area contributed by atoms with Gasteiger partial charge in [-0.25, -0.2) is 4.79 Å². The summed E-state index contributed by atoms with van der Waals surface area (Å²) in [6.07, 6.45) is 3.07. The van der Waals surface area contributed by atoms with Gasteiger partial charge >= 0.3 is 6.03 Å². The van der Waals surface area contributed by atoms with E-state index in [-0.39, 0.29) is 23.2 Å². The van der Waals surface area contributed by atoms with Crippen molar-refractivity contribution >= 4 is 6.03 Å². The molecule has 0 aromatic rings. The molecule has 124 valence electrons. The molecule has 1 aliphatic heterocycles. The molecule has 5 heteroatoms. The van der Waals surface area contributed by atoms with E-state index >= 15 is 0 Å². The molecule has 0 spiro atoms. The van der Waals surface area contributed by atoms with Crippen molar-refractivity contribution in [2.75, 3.05) is 6.54 Å². The Bertz CT molecular complexity index is 347. The molecule has 5 nitrogen and oxygen atoms in total. The van der Waals surface area contributed by atoms with Crippen LogP contribution in [0.3, 0.4) is 0 Å². The lowest BCUT2D eigenvalue weighted by molar-refractivity contribution is 0.0346. The quantitative estimate of drug-likeness (QED) is 0.628. The summed E-state index contributed by atoms with van der Waals surface area (Å²) in [6, 6.07) is -0.0404. The van der Waals surface area contributed by atoms with E-state index in [1.807, 2.05) is 13.8 Å². The largest absolute Gasteiger partial charge is 0.388 e. The Balaban J connectivity index is 2.51. The summed E-state index contributed by atoms with van der Waals surface area (Å²) in [5.41, 5.74) is -0.787. The van der Waals surface area contributed by atoms with Crippen LogP contribution in [-0.2, 0) is 0 Å². The van der Waals surface area contributed by atoms with Crippen LogP contribution in [0.2, 0.25) is 0 Å². The number of urea groups is 1. The summed E-state index contributed by atoms with van der Waals surface area (Å²) in [7, 11) is 0. The normalized spacial score (nSPS) is 21.9. The maximum absolute atomic E-state index is 12.1. The number of amides is 2. The zero-order chi connectivity index (χ0) is 16.3. The van der Waals surface area contributed by atoms with Gasteiger partial charge in [0.05, 0.1) is 5.60 Å². The van der Waals surface area contributed by atoms with Gasteiger partial charge in [0.15, 0.2) is 0 Å². The van der Waals surface area contributed by atoms with Crippen LogP contribution in [0, 0.1) is 0 Å². The average molecular weight is 299 g/mol. The van der Waals surface area contributed by atoms with Gasteiger partial charge in [0.2, 0.25) is 0 Å². The molecule has 1 aliphatic rings. The fourth-order valence-electron chi connectivity index (χ4n) is 3.41. The molecule has 2 amide bonds. The molecule has 0 atom stereocenters. The van der Waals surface area contributed by atoms with E-state index in [2.05, 4.69) is 43.6 Å². The van der Waals surface area contributed by atoms with E-state index in [9.17, 15) is 9.90 Å². The van der Waals surface area contributed by atoms with Crippen LogP contribution in [0.4, 0.5) is 4.79 Å². The Morgan fingerprint density at radius 3 is 2.10 bits per heavy atom. The molecule has 0 aliphatic carbocycles. The molecule has 1 heterocycles. The predicted molar refractivity (Wildman–Crippen MR) is 86.4 cm³/mol. The van der Waals surface area contributed by atoms with Crippen LogP contribution in [0.15, 0.2) is 0 Å². The van der Waals surface area contributed by atoms with Crippen LogP contribution < -0.4 is 16.0 Å². The third-order valence-electron chi connectivity index (χ3n) is 4.42. The molecule has 0 bridgehead atoms. The zero-order valence-electron chi connectivity index (χ0n) is 14.5. The number of hydrogen-bond donors (Lipinski definition) is 4. The number of nitrogens with one attached hydrogen (secondary N) is 3. The van der Waals surface area contributed by atoms with Crippen molar-refractivity contribution in [3.05, 3.63) is 0 Å². The SMILES string of the molecule is CCC(O)(CC)CNC(=O)NC1CC(C)(C)NC(C)(C)C1. The Kier molecular flexibility index (Phi) is 5.67. The van der Waals surface area contributed by atoms with Gasteiger partial charge in [0, 0.05) is 23.7 Å². The number of aliphatic hydroxyl groups is 1. The van der Waals surface area contributed by atoms with Gasteiger partial charge in [-0.2, -0.15) is 0 Å². The maximum Gasteiger partial charge on any atom is 0.315 e. The van der Waals surface area contributed by atoms with E-state index in [0.717, 1.165) is 12.8 Å². The van der Waals surface area contributed by atoms with Gasteiger partial charge in [0.1, 0.15) is 0 Å². The molecule has 0 aromatic heterocycles. The number of carbonyl (C=O) groups excluding carboxylic acids is 1. The van der Waals surface area contributed by atoms with Crippen molar-refractivity contribution < 1.29 is 9.90 Å². The van der Waals surface area contributed by atoms with Gasteiger partial charge < -0.3 is 21.1 Å². The molecule has 0 radical (unpaired) electrons. The number of piperidine rings is 1. The van der Waals surface area contributed by atoms with Gasteiger partial charge in [0.25, 0.3) is 0 Å². The second kappa shape index (κ2) is 6.53. The molecule has 1 rings (SSSR count). The van der Waals surface area contributed by atoms with Crippen molar-refractivity contribution in [3.8, 4) is 0 Å². The Labute approximate surface area is 129 Å². The first kappa shape index (κ1) is 18.2. The maximum atomic E-state index is 12.1. The molecule has 4 N–H and O–H groups in total. The summed E-state index contributed by atoms with van der Waals surface area (Å²) in [6.45, 7) is 12.8. The van der Waals surface area contributed by atoms with E-state index < -0.39 is 5.60 Å². The lowest BCUT2D eigenvalue weighted by Crippen LogP contribution is -2.63. The predicted octanol–water partition coefficient (Wildman–Crippen LogP) is 2.15. The van der Waals surface area contributed by atoms with Crippen molar-refractivity contribution in [1.82, 2.24) is 16.0 Å². The molecule has 21 heavy (non-hydrogen) atoms. The highest BCUT2D eigenvalue weighted by molar-refractivity contribution is 5.74. The molecule has 0 saturated carbocycles. The summed E-state index contributed by atoms with van der Waals surface area (Å²) in [5.74, 6) is 0. The third-order valence-corrected chi connectivity index (χ3v) is 4.42. The summed E-state index contributed by atoms with van der Waals surface area (Å²) >= 11 is 0. The van der Waals surface area contributed by atoms with Crippen LogP contribution in [0.1, 0.15) is 67.2 Å². The van der Waals surface area contributed by atoms with E-state index in [1.54, 1.807) is 0 Å². The second-order valence-electron chi connectivity index (χ2n) is 7.76. The molecule has 0 aromatic carbocycles. The smallest absolute Gasteiger partial charge is 0.315 e. The highest BCUT2D eigenvalue weighted by Crippen LogP contribution is 2.28. The summed E-state index contributed by atoms with van der Waals surface area (Å²) < 4.78 is 0. The van der Waals surface area contributed by atoms with Crippen LogP contribution >= 0.6 is 0 Å².